The molecule has 3 aromatic rings. The lowest BCUT2D eigenvalue weighted by Crippen LogP contribution is -2.35. The Morgan fingerprint density at radius 1 is 1.25 bits per heavy atom. The van der Waals surface area contributed by atoms with Crippen molar-refractivity contribution in [2.24, 2.45) is 5.41 Å². The molecule has 0 spiro atoms. The van der Waals surface area contributed by atoms with Crippen molar-refractivity contribution in [2.75, 3.05) is 0 Å². The fourth-order valence-corrected chi connectivity index (χ4v) is 4.04. The van der Waals surface area contributed by atoms with Gasteiger partial charge in [0.15, 0.2) is 5.43 Å². The number of fused-ring (bicyclic) bond motifs is 3. The first kappa shape index (κ1) is 18.5. The lowest BCUT2D eigenvalue weighted by atomic mass is 9.85. The number of benzene rings is 1. The molecule has 1 aromatic carbocycles. The Balaban J connectivity index is 2.01. The number of rotatable bonds is 2. The maximum absolute atomic E-state index is 12.4. The second-order valence-electron chi connectivity index (χ2n) is 8.09. The standard InChI is InChI=1S/C21H20ClN3O3/c1-21(2,3)16-11-25-19(14-9-15(26)13(20(27)28)10-24(14)16)17(22)18(23-25)12-7-5-4-6-8-12/h4-10,16H,11H2,1-3H3,(H,27,28). The van der Waals surface area contributed by atoms with Crippen LogP contribution in [0.4, 0.5) is 0 Å². The molecule has 0 aliphatic carbocycles. The van der Waals surface area contributed by atoms with Gasteiger partial charge in [-0.3, -0.25) is 9.48 Å². The summed E-state index contributed by atoms with van der Waals surface area (Å²) in [7, 11) is 0. The molecule has 1 atom stereocenters. The van der Waals surface area contributed by atoms with Crippen LogP contribution in [0.3, 0.4) is 0 Å². The highest BCUT2D eigenvalue weighted by Crippen LogP contribution is 2.44. The molecule has 28 heavy (non-hydrogen) atoms. The van der Waals surface area contributed by atoms with Gasteiger partial charge in [-0.2, -0.15) is 5.10 Å². The number of carbonyl (C=O) groups is 1. The molecule has 0 saturated carbocycles. The fraction of sp³-hybridized carbons (Fsp3) is 0.286. The number of aromatic nitrogens is 3. The van der Waals surface area contributed by atoms with Crippen LogP contribution >= 0.6 is 11.6 Å². The Hall–Kier alpha value is -2.86. The van der Waals surface area contributed by atoms with E-state index in [0.717, 1.165) is 5.56 Å². The van der Waals surface area contributed by atoms with Gasteiger partial charge in [0.1, 0.15) is 17.0 Å². The van der Waals surface area contributed by atoms with Crippen molar-refractivity contribution < 1.29 is 9.90 Å². The van der Waals surface area contributed by atoms with Gasteiger partial charge in [-0.05, 0) is 5.41 Å². The highest BCUT2D eigenvalue weighted by Gasteiger charge is 2.36. The molecular formula is C21H20ClN3O3. The molecular weight excluding hydrogens is 378 g/mol. The Labute approximate surface area is 167 Å². The molecule has 1 aliphatic rings. The van der Waals surface area contributed by atoms with Gasteiger partial charge in [-0.15, -0.1) is 0 Å². The first-order valence-corrected chi connectivity index (χ1v) is 9.38. The lowest BCUT2D eigenvalue weighted by Gasteiger charge is -2.38. The summed E-state index contributed by atoms with van der Waals surface area (Å²) in [6, 6.07) is 10.9. The van der Waals surface area contributed by atoms with E-state index in [0.29, 0.717) is 28.6 Å². The third-order valence-electron chi connectivity index (χ3n) is 5.18. The molecule has 0 bridgehead atoms. The molecule has 4 rings (SSSR count). The zero-order valence-electron chi connectivity index (χ0n) is 15.8. The maximum atomic E-state index is 12.4. The van der Waals surface area contributed by atoms with Gasteiger partial charge < -0.3 is 9.67 Å². The molecule has 0 radical (unpaired) electrons. The van der Waals surface area contributed by atoms with Crippen LogP contribution in [0, 0.1) is 5.41 Å². The van der Waals surface area contributed by atoms with Crippen LogP contribution in [0.25, 0.3) is 22.6 Å². The van der Waals surface area contributed by atoms with E-state index in [1.54, 1.807) is 0 Å². The van der Waals surface area contributed by atoms with E-state index in [1.807, 2.05) is 39.6 Å². The van der Waals surface area contributed by atoms with E-state index >= 15 is 0 Å². The van der Waals surface area contributed by atoms with Crippen molar-refractivity contribution in [1.29, 1.82) is 0 Å². The summed E-state index contributed by atoms with van der Waals surface area (Å²) in [5, 5.41) is 14.6. The molecule has 0 saturated heterocycles. The highest BCUT2D eigenvalue weighted by molar-refractivity contribution is 6.35. The molecule has 2 aromatic heterocycles. The normalized spacial score (nSPS) is 15.8. The van der Waals surface area contributed by atoms with E-state index in [1.165, 1.54) is 12.3 Å². The van der Waals surface area contributed by atoms with E-state index in [2.05, 4.69) is 20.8 Å². The number of halogens is 1. The Morgan fingerprint density at radius 2 is 1.93 bits per heavy atom. The van der Waals surface area contributed by atoms with Gasteiger partial charge in [0.2, 0.25) is 0 Å². The van der Waals surface area contributed by atoms with Crippen LogP contribution in [-0.4, -0.2) is 25.4 Å². The zero-order chi connectivity index (χ0) is 20.2. The summed E-state index contributed by atoms with van der Waals surface area (Å²) in [5.74, 6) is -1.23. The van der Waals surface area contributed by atoms with Gasteiger partial charge in [0, 0.05) is 17.8 Å². The quantitative estimate of drug-likeness (QED) is 0.698. The minimum Gasteiger partial charge on any atom is -0.477 e. The molecule has 0 amide bonds. The van der Waals surface area contributed by atoms with Gasteiger partial charge in [-0.25, -0.2) is 4.79 Å². The summed E-state index contributed by atoms with van der Waals surface area (Å²) >= 11 is 6.71. The summed E-state index contributed by atoms with van der Waals surface area (Å²) in [5.41, 5.74) is 1.77. The van der Waals surface area contributed by atoms with Crippen LogP contribution in [0.5, 0.6) is 0 Å². The molecule has 1 N–H and O–H groups in total. The predicted molar refractivity (Wildman–Crippen MR) is 108 cm³/mol. The molecule has 0 fully saturated rings. The topological polar surface area (TPSA) is 77.1 Å². The minimum atomic E-state index is -1.23. The first-order valence-electron chi connectivity index (χ1n) is 9.00. The van der Waals surface area contributed by atoms with Crippen LogP contribution in [0.15, 0.2) is 47.4 Å². The monoisotopic (exact) mass is 397 g/mol. The van der Waals surface area contributed by atoms with Gasteiger partial charge in [-0.1, -0.05) is 62.7 Å². The van der Waals surface area contributed by atoms with Crippen LogP contribution < -0.4 is 5.43 Å². The number of nitrogens with zero attached hydrogens (tertiary/aromatic N) is 3. The number of hydrogen-bond acceptors (Lipinski definition) is 3. The van der Waals surface area contributed by atoms with Crippen molar-refractivity contribution in [1.82, 2.24) is 14.3 Å². The average molecular weight is 398 g/mol. The summed E-state index contributed by atoms with van der Waals surface area (Å²) in [6.07, 6.45) is 1.44. The number of aromatic carboxylic acids is 1. The van der Waals surface area contributed by atoms with Gasteiger partial charge in [0.25, 0.3) is 0 Å². The maximum Gasteiger partial charge on any atom is 0.341 e. The van der Waals surface area contributed by atoms with Crippen molar-refractivity contribution in [3.63, 3.8) is 0 Å². The van der Waals surface area contributed by atoms with Crippen molar-refractivity contribution >= 4 is 17.6 Å². The molecule has 1 aliphatic heterocycles. The number of carboxylic acids is 1. The SMILES string of the molecule is CC(C)(C)C1Cn2nc(-c3ccccc3)c(Cl)c2-c2cc(=O)c(C(=O)O)cn21. The minimum absolute atomic E-state index is 0.0895. The number of pyridine rings is 1. The van der Waals surface area contributed by atoms with E-state index < -0.39 is 11.4 Å². The second kappa shape index (κ2) is 6.34. The van der Waals surface area contributed by atoms with Crippen LogP contribution in [-0.2, 0) is 6.54 Å². The lowest BCUT2D eigenvalue weighted by molar-refractivity contribution is 0.0693. The van der Waals surface area contributed by atoms with Crippen LogP contribution in [0.2, 0.25) is 5.02 Å². The van der Waals surface area contributed by atoms with E-state index in [-0.39, 0.29) is 17.0 Å². The first-order chi connectivity index (χ1) is 13.2. The van der Waals surface area contributed by atoms with Crippen molar-refractivity contribution in [2.45, 2.75) is 33.4 Å². The fourth-order valence-electron chi connectivity index (χ4n) is 3.70. The largest absolute Gasteiger partial charge is 0.477 e. The third-order valence-corrected chi connectivity index (χ3v) is 5.53. The molecule has 7 heteroatoms. The zero-order valence-corrected chi connectivity index (χ0v) is 16.6. The van der Waals surface area contributed by atoms with Gasteiger partial charge >= 0.3 is 5.97 Å². The number of hydrogen-bond donors (Lipinski definition) is 1. The molecule has 144 valence electrons. The smallest absolute Gasteiger partial charge is 0.341 e. The van der Waals surface area contributed by atoms with E-state index in [9.17, 15) is 14.7 Å². The Bertz CT molecular complexity index is 1140. The second-order valence-corrected chi connectivity index (χ2v) is 8.47. The van der Waals surface area contributed by atoms with Crippen molar-refractivity contribution in [3.05, 3.63) is 63.4 Å². The third kappa shape index (κ3) is 2.85. The van der Waals surface area contributed by atoms with Crippen LogP contribution in [0.1, 0.15) is 37.2 Å². The van der Waals surface area contributed by atoms with E-state index in [4.69, 9.17) is 16.7 Å². The molecule has 1 unspecified atom stereocenters. The molecule has 6 nitrogen and oxygen atoms in total. The predicted octanol–water partition coefficient (Wildman–Crippen LogP) is 4.33. The molecule has 3 heterocycles. The number of carboxylic acid groups (broad SMARTS) is 1. The Kier molecular flexibility index (Phi) is 4.19. The van der Waals surface area contributed by atoms with Crippen molar-refractivity contribution in [3.8, 4) is 22.6 Å². The average Bonchev–Trinajstić information content (AvgIpc) is 2.97. The summed E-state index contributed by atoms with van der Waals surface area (Å²) < 4.78 is 3.69. The summed E-state index contributed by atoms with van der Waals surface area (Å²) in [6.45, 7) is 6.76. The van der Waals surface area contributed by atoms with Gasteiger partial charge in [0.05, 0.1) is 23.3 Å². The summed E-state index contributed by atoms with van der Waals surface area (Å²) in [4.78, 5) is 23.9. The highest BCUT2D eigenvalue weighted by atomic mass is 35.5. The Morgan fingerprint density at radius 3 is 2.54 bits per heavy atom.